The molecule has 1 unspecified atom stereocenters. The maximum absolute atomic E-state index is 13.5. The molecular weight excluding hydrogens is 433 g/mol. The zero-order chi connectivity index (χ0) is 21.7. The van der Waals surface area contributed by atoms with Gasteiger partial charge in [-0.1, -0.05) is 17.7 Å². The van der Waals surface area contributed by atoms with Crippen molar-refractivity contribution in [3.63, 3.8) is 0 Å². The number of rotatable bonds is 5. The molecule has 0 aromatic heterocycles. The molecule has 2 heterocycles. The van der Waals surface area contributed by atoms with Crippen LogP contribution in [0.25, 0.3) is 0 Å². The number of nitrogens with zero attached hydrogens (tertiary/aromatic N) is 1. The van der Waals surface area contributed by atoms with Crippen LogP contribution in [-0.2, 0) is 37.4 Å². The molecule has 0 radical (unpaired) electrons. The lowest BCUT2D eigenvalue weighted by Gasteiger charge is -2.22. The van der Waals surface area contributed by atoms with E-state index in [0.29, 0.717) is 22.4 Å². The highest BCUT2D eigenvalue weighted by molar-refractivity contribution is 7.90. The molecule has 1 fully saturated rings. The fraction of sp³-hybridized carbons (Fsp3) is 0.333. The van der Waals surface area contributed by atoms with E-state index in [9.17, 15) is 27.5 Å². The minimum atomic E-state index is -3.18. The van der Waals surface area contributed by atoms with Gasteiger partial charge in [-0.3, -0.25) is 9.59 Å². The van der Waals surface area contributed by atoms with Gasteiger partial charge in [-0.2, -0.15) is 0 Å². The van der Waals surface area contributed by atoms with Crippen LogP contribution in [0.4, 0.5) is 10.1 Å². The number of hydrogen-bond donors (Lipinski definition) is 1. The molecule has 6 nitrogen and oxygen atoms in total. The van der Waals surface area contributed by atoms with Crippen LogP contribution < -0.4 is 4.90 Å². The Morgan fingerprint density at radius 3 is 2.63 bits per heavy atom. The monoisotopic (exact) mass is 451 g/mol. The Balaban J connectivity index is 1.48. The van der Waals surface area contributed by atoms with Gasteiger partial charge >= 0.3 is 0 Å². The Bertz CT molecular complexity index is 1150. The van der Waals surface area contributed by atoms with Crippen LogP contribution in [0.2, 0.25) is 5.02 Å². The van der Waals surface area contributed by atoms with E-state index in [2.05, 4.69) is 0 Å². The van der Waals surface area contributed by atoms with Crippen molar-refractivity contribution in [3.05, 3.63) is 63.9 Å². The van der Waals surface area contributed by atoms with E-state index in [1.807, 2.05) is 0 Å². The molecular formula is C21H19ClFNO5S. The summed E-state index contributed by atoms with van der Waals surface area (Å²) >= 11 is 5.82. The van der Waals surface area contributed by atoms with E-state index in [0.717, 1.165) is 6.07 Å². The fourth-order valence-corrected chi connectivity index (χ4v) is 5.86. The van der Waals surface area contributed by atoms with Gasteiger partial charge in [0.25, 0.3) is 5.91 Å². The van der Waals surface area contributed by atoms with Crippen molar-refractivity contribution in [2.24, 2.45) is 0 Å². The molecule has 1 atom stereocenters. The standard InChI is InChI=1S/C21H19ClFNO5S/c22-16-7-13(8-17(23)10-16)1-4-19(25)21(27)5-6-24(20(21)26)18-3-2-14-11-30(28,29)12-15(14)9-18/h2-3,7-10,27H,1,4-6,11-12H2. The van der Waals surface area contributed by atoms with Crippen molar-refractivity contribution >= 4 is 38.8 Å². The summed E-state index contributed by atoms with van der Waals surface area (Å²) in [7, 11) is -3.18. The molecule has 2 aromatic rings. The normalized spacial score (nSPS) is 22.4. The van der Waals surface area contributed by atoms with Gasteiger partial charge in [-0.25, -0.2) is 12.8 Å². The van der Waals surface area contributed by atoms with Crippen molar-refractivity contribution in [2.75, 3.05) is 11.4 Å². The summed E-state index contributed by atoms with van der Waals surface area (Å²) in [6.07, 6.45) is -0.0646. The number of halogens is 2. The Kier molecular flexibility index (Phi) is 5.20. The maximum atomic E-state index is 13.5. The second kappa shape index (κ2) is 7.44. The Hall–Kier alpha value is -2.29. The Morgan fingerprint density at radius 2 is 1.90 bits per heavy atom. The zero-order valence-electron chi connectivity index (χ0n) is 15.9. The number of aliphatic hydroxyl groups is 1. The van der Waals surface area contributed by atoms with Crippen LogP contribution >= 0.6 is 11.6 Å². The van der Waals surface area contributed by atoms with Crippen molar-refractivity contribution in [2.45, 2.75) is 36.4 Å². The van der Waals surface area contributed by atoms with E-state index in [1.54, 1.807) is 18.2 Å². The number of aryl methyl sites for hydroxylation is 1. The van der Waals surface area contributed by atoms with Crippen LogP contribution in [0.3, 0.4) is 0 Å². The summed E-state index contributed by atoms with van der Waals surface area (Å²) in [6, 6.07) is 8.86. The molecule has 9 heteroatoms. The summed E-state index contributed by atoms with van der Waals surface area (Å²) in [5.41, 5.74) is 0.133. The van der Waals surface area contributed by atoms with Gasteiger partial charge in [0.05, 0.1) is 11.5 Å². The molecule has 0 bridgehead atoms. The average molecular weight is 452 g/mol. The summed E-state index contributed by atoms with van der Waals surface area (Å²) in [5.74, 6) is -2.00. The van der Waals surface area contributed by atoms with Gasteiger partial charge in [0.15, 0.2) is 15.6 Å². The number of ketones is 1. The predicted octanol–water partition coefficient (Wildman–Crippen LogP) is 2.58. The van der Waals surface area contributed by atoms with Crippen LogP contribution in [0.1, 0.15) is 29.5 Å². The van der Waals surface area contributed by atoms with Gasteiger partial charge in [0, 0.05) is 30.1 Å². The van der Waals surface area contributed by atoms with E-state index >= 15 is 0 Å². The van der Waals surface area contributed by atoms with Crippen molar-refractivity contribution < 1.29 is 27.5 Å². The molecule has 1 amide bonds. The first-order chi connectivity index (χ1) is 14.1. The number of benzene rings is 2. The third-order valence-corrected chi connectivity index (χ3v) is 7.29. The summed E-state index contributed by atoms with van der Waals surface area (Å²) in [4.78, 5) is 26.8. The van der Waals surface area contributed by atoms with Gasteiger partial charge in [0.1, 0.15) is 5.82 Å². The second-order valence-electron chi connectivity index (χ2n) is 7.75. The second-order valence-corrected chi connectivity index (χ2v) is 10.3. The molecule has 30 heavy (non-hydrogen) atoms. The first-order valence-corrected chi connectivity index (χ1v) is 11.6. The molecule has 0 saturated carbocycles. The molecule has 4 rings (SSSR count). The number of fused-ring (bicyclic) bond motifs is 1. The smallest absolute Gasteiger partial charge is 0.266 e. The number of carbonyl (C=O) groups excluding carboxylic acids is 2. The number of Topliss-reactive ketones (excluding diaryl/α,β-unsaturated/α-hetero) is 1. The first kappa shape index (κ1) is 21.0. The Morgan fingerprint density at radius 1 is 1.17 bits per heavy atom. The average Bonchev–Trinajstić information content (AvgIpc) is 3.13. The van der Waals surface area contributed by atoms with E-state index in [4.69, 9.17) is 11.6 Å². The number of sulfone groups is 1. The molecule has 2 aromatic carbocycles. The third-order valence-electron chi connectivity index (χ3n) is 5.57. The summed E-state index contributed by atoms with van der Waals surface area (Å²) < 4.78 is 37.1. The molecule has 2 aliphatic rings. The number of carbonyl (C=O) groups is 2. The molecule has 0 aliphatic carbocycles. The molecule has 1 N–H and O–H groups in total. The molecule has 0 spiro atoms. The lowest BCUT2D eigenvalue weighted by molar-refractivity contribution is -0.147. The first-order valence-electron chi connectivity index (χ1n) is 9.42. The van der Waals surface area contributed by atoms with Crippen LogP contribution in [0.15, 0.2) is 36.4 Å². The highest BCUT2D eigenvalue weighted by atomic mass is 35.5. The fourth-order valence-electron chi connectivity index (χ4n) is 4.01. The maximum Gasteiger partial charge on any atom is 0.266 e. The van der Waals surface area contributed by atoms with Crippen molar-refractivity contribution in [1.29, 1.82) is 0 Å². The van der Waals surface area contributed by atoms with Crippen LogP contribution in [0.5, 0.6) is 0 Å². The lowest BCUT2D eigenvalue weighted by atomic mass is 9.92. The SMILES string of the molecule is O=C(CCc1cc(F)cc(Cl)c1)C1(O)CCN(c2ccc3c(c2)CS(=O)(=O)C3)C1=O. The van der Waals surface area contributed by atoms with E-state index in [1.165, 1.54) is 17.0 Å². The number of hydrogen-bond acceptors (Lipinski definition) is 5. The van der Waals surface area contributed by atoms with E-state index in [-0.39, 0.29) is 42.3 Å². The van der Waals surface area contributed by atoms with Gasteiger partial charge in [-0.15, -0.1) is 0 Å². The minimum absolute atomic E-state index is 0.0247. The minimum Gasteiger partial charge on any atom is -0.373 e. The molecule has 158 valence electrons. The summed E-state index contributed by atoms with van der Waals surface area (Å²) in [6.45, 7) is 0.137. The molecule has 2 aliphatic heterocycles. The Labute approximate surface area is 178 Å². The third kappa shape index (κ3) is 3.87. The highest BCUT2D eigenvalue weighted by Crippen LogP contribution is 2.34. The summed E-state index contributed by atoms with van der Waals surface area (Å²) in [5, 5.41) is 11.0. The van der Waals surface area contributed by atoms with Crippen molar-refractivity contribution in [1.82, 2.24) is 0 Å². The van der Waals surface area contributed by atoms with Gasteiger partial charge in [0.2, 0.25) is 5.60 Å². The van der Waals surface area contributed by atoms with Crippen LogP contribution in [0, 0.1) is 5.82 Å². The lowest BCUT2D eigenvalue weighted by Crippen LogP contribution is -2.47. The largest absolute Gasteiger partial charge is 0.373 e. The van der Waals surface area contributed by atoms with Crippen molar-refractivity contribution in [3.8, 4) is 0 Å². The van der Waals surface area contributed by atoms with Gasteiger partial charge < -0.3 is 10.0 Å². The number of amides is 1. The molecule has 1 saturated heterocycles. The van der Waals surface area contributed by atoms with Gasteiger partial charge in [-0.05, 0) is 53.4 Å². The quantitative estimate of drug-likeness (QED) is 0.705. The topological polar surface area (TPSA) is 91.8 Å². The highest BCUT2D eigenvalue weighted by Gasteiger charge is 2.51. The van der Waals surface area contributed by atoms with Crippen LogP contribution in [-0.4, -0.2) is 37.4 Å². The number of anilines is 1. The predicted molar refractivity (Wildman–Crippen MR) is 109 cm³/mol. The van der Waals surface area contributed by atoms with E-state index < -0.39 is 32.9 Å². The zero-order valence-corrected chi connectivity index (χ0v) is 17.5.